The van der Waals surface area contributed by atoms with Gasteiger partial charge in [0.05, 0.1) is 60.1 Å². The Kier molecular flexibility index (Phi) is 19.4. The summed E-state index contributed by atoms with van der Waals surface area (Å²) < 4.78 is 47.1. The predicted octanol–water partition coefficient (Wildman–Crippen LogP) is 3.05. The van der Waals surface area contributed by atoms with Gasteiger partial charge in [-0.15, -0.1) is 0 Å². The minimum atomic E-state index is -2.03. The van der Waals surface area contributed by atoms with Crippen LogP contribution in [0.4, 0.5) is 0 Å². The second-order valence-electron chi connectivity index (χ2n) is 20.5. The number of nitrogens with two attached hydrogens (primary N) is 1. The third kappa shape index (κ3) is 13.1. The Morgan fingerprint density at radius 2 is 1.24 bits per heavy atom. The summed E-state index contributed by atoms with van der Waals surface area (Å²) in [5.41, 5.74) is 5.72. The number of esters is 1. The number of benzene rings is 5. The lowest BCUT2D eigenvalue weighted by atomic mass is 9.89. The molecule has 11 N–H and O–H groups in total. The number of primary amides is 1. The average Bonchev–Trinajstić information content (AvgIpc) is 1.04. The largest absolute Gasteiger partial charge is 0.497 e. The van der Waals surface area contributed by atoms with Gasteiger partial charge in [-0.3, -0.25) is 33.6 Å². The normalized spacial score (nSPS) is 21.5. The standard InChI is InChI=1S/C59H65ClN8O18/c1-25(2)16-34(62-3)53(72)67-48-51(71)28-12-15-38(39(19-28)81-6)86-42-21-29-20-41(52(42)83-8)85-37-14-11-27(18-33(37)60)50(70)49-58(77)66-47(59(78)84-9)32-22-30(79-4)23-40(82-7)44(32)31-17-26(10-13-36(31)80-5)45(55(74)68-49)65-56(75)46(29)64-54(73)35(24-43(61)69)63-57(48)76/h10-15,17-23,25,34-35,45-51,62,70-71H,16,24H2,1-9H3,(H2,61,69)(H,63,76)(H,64,73)(H,65,75)(H,66,77)(H,67,72)(H,68,74)/t34-,35+,45-,46-,47+,48-,49+,50-,51-/m1/s1. The smallest absolute Gasteiger partial charge is 0.333 e. The molecule has 0 radical (unpaired) electrons. The van der Waals surface area contributed by atoms with Crippen molar-refractivity contribution in [3.05, 3.63) is 112 Å². The SMILES string of the molecule is CN[C@H](CC(C)C)C(=O)N[C@H]1C(=O)N[C@@H](CC(N)=O)C(=O)N[C@H]2C(=O)N[C@H]3C(=O)N[C@H](C(=O)N[C@H](C(=O)OC)c4cc(OC)cc(OC)c4-c4cc3ccc4OC)[C@H](O)c3ccc(c(Cl)c3)Oc3cc2cc(c3OC)Oc2ccc(cc2OC)[C@H]1O. The molecule has 11 bridgehead atoms. The van der Waals surface area contributed by atoms with Gasteiger partial charge < -0.3 is 91.1 Å². The summed E-state index contributed by atoms with van der Waals surface area (Å²) in [5, 5.41) is 42.6. The minimum Gasteiger partial charge on any atom is -0.497 e. The summed E-state index contributed by atoms with van der Waals surface area (Å²) >= 11 is 6.95. The molecule has 5 heterocycles. The highest BCUT2D eigenvalue weighted by atomic mass is 35.5. The van der Waals surface area contributed by atoms with Crippen molar-refractivity contribution in [2.45, 2.75) is 81.2 Å². The molecule has 456 valence electrons. The first-order valence-electron chi connectivity index (χ1n) is 26.8. The van der Waals surface area contributed by atoms with E-state index in [2.05, 4.69) is 37.2 Å². The fourth-order valence-corrected chi connectivity index (χ4v) is 10.5. The van der Waals surface area contributed by atoms with Crippen LogP contribution < -0.4 is 76.1 Å². The molecule has 5 aliphatic heterocycles. The molecule has 5 aliphatic rings. The molecule has 10 rings (SSSR count). The molecular weight excluding hydrogens is 1140 g/mol. The van der Waals surface area contributed by atoms with E-state index in [9.17, 15) is 34.2 Å². The van der Waals surface area contributed by atoms with Crippen LogP contribution in [0.5, 0.6) is 51.7 Å². The molecule has 0 saturated heterocycles. The van der Waals surface area contributed by atoms with Gasteiger partial charge in [0.15, 0.2) is 29.0 Å². The summed E-state index contributed by atoms with van der Waals surface area (Å²) in [7, 11) is 9.21. The first-order chi connectivity index (χ1) is 41.1. The van der Waals surface area contributed by atoms with Crippen LogP contribution in [-0.2, 0) is 43.1 Å². The molecule has 26 nitrogen and oxygen atoms in total. The Labute approximate surface area is 498 Å². The third-order valence-corrected chi connectivity index (χ3v) is 14.9. The number of nitrogens with one attached hydrogen (secondary N) is 7. The molecule has 0 fully saturated rings. The van der Waals surface area contributed by atoms with Gasteiger partial charge in [0.1, 0.15) is 65.4 Å². The van der Waals surface area contributed by atoms with E-state index in [-0.39, 0.29) is 102 Å². The van der Waals surface area contributed by atoms with Crippen molar-refractivity contribution in [2.75, 3.05) is 49.7 Å². The Morgan fingerprint density at radius 1 is 0.628 bits per heavy atom. The van der Waals surface area contributed by atoms with Crippen molar-refractivity contribution < 1.29 is 86.5 Å². The van der Waals surface area contributed by atoms with Gasteiger partial charge in [0, 0.05) is 22.8 Å². The maximum Gasteiger partial charge on any atom is 0.333 e. The number of carbonyl (C=O) groups is 8. The number of likely N-dealkylation sites (N-methyl/N-ethyl adjacent to an activating group) is 1. The van der Waals surface area contributed by atoms with Crippen LogP contribution >= 0.6 is 11.6 Å². The Balaban J connectivity index is 1.40. The van der Waals surface area contributed by atoms with Gasteiger partial charge in [0.2, 0.25) is 47.1 Å². The molecule has 86 heavy (non-hydrogen) atoms. The van der Waals surface area contributed by atoms with Gasteiger partial charge in [-0.2, -0.15) is 0 Å². The van der Waals surface area contributed by atoms with Crippen LogP contribution in [0, 0.1) is 5.92 Å². The molecule has 0 unspecified atom stereocenters. The molecule has 0 spiro atoms. The lowest BCUT2D eigenvalue weighted by Gasteiger charge is -2.32. The highest BCUT2D eigenvalue weighted by Gasteiger charge is 2.42. The number of hydrogen-bond acceptors (Lipinski definition) is 19. The fraction of sp³-hybridized carbons (Fsp3) is 0.356. The van der Waals surface area contributed by atoms with Gasteiger partial charge in [0.25, 0.3) is 0 Å². The molecule has 7 amide bonds. The summed E-state index contributed by atoms with van der Waals surface area (Å²) in [5.74, 6) is -9.25. The number of hydrogen-bond donors (Lipinski definition) is 10. The maximum absolute atomic E-state index is 15.7. The van der Waals surface area contributed by atoms with E-state index in [4.69, 9.17) is 55.2 Å². The summed E-state index contributed by atoms with van der Waals surface area (Å²) in [6.07, 6.45) is -4.49. The van der Waals surface area contributed by atoms with Gasteiger partial charge in [-0.1, -0.05) is 43.6 Å². The van der Waals surface area contributed by atoms with Crippen LogP contribution in [0.3, 0.4) is 0 Å². The number of fused-ring (bicyclic) bond motifs is 15. The van der Waals surface area contributed by atoms with E-state index in [0.717, 1.165) is 7.11 Å². The Hall–Kier alpha value is -9.37. The van der Waals surface area contributed by atoms with Crippen LogP contribution in [-0.4, -0.2) is 131 Å². The highest BCUT2D eigenvalue weighted by molar-refractivity contribution is 6.32. The monoisotopic (exact) mass is 1210 g/mol. The van der Waals surface area contributed by atoms with Crippen molar-refractivity contribution in [1.29, 1.82) is 0 Å². The summed E-state index contributed by atoms with van der Waals surface area (Å²) in [6, 6.07) is 5.33. The van der Waals surface area contributed by atoms with E-state index in [1.165, 1.54) is 121 Å². The third-order valence-electron chi connectivity index (χ3n) is 14.6. The fourth-order valence-electron chi connectivity index (χ4n) is 10.2. The van der Waals surface area contributed by atoms with Crippen molar-refractivity contribution in [2.24, 2.45) is 11.7 Å². The van der Waals surface area contributed by atoms with Crippen molar-refractivity contribution >= 4 is 58.9 Å². The van der Waals surface area contributed by atoms with E-state index < -0.39 is 108 Å². The lowest BCUT2D eigenvalue weighted by Crippen LogP contribution is -2.59. The number of aliphatic hydroxyl groups is 2. The van der Waals surface area contributed by atoms with Crippen molar-refractivity contribution in [3.8, 4) is 62.9 Å². The molecular formula is C59H65ClN8O18. The van der Waals surface area contributed by atoms with Crippen molar-refractivity contribution in [1.82, 2.24) is 37.2 Å². The second kappa shape index (κ2) is 26.7. The predicted molar refractivity (Wildman–Crippen MR) is 306 cm³/mol. The highest BCUT2D eigenvalue weighted by Crippen LogP contribution is 2.49. The summed E-state index contributed by atoms with van der Waals surface area (Å²) in [6.45, 7) is 3.75. The Morgan fingerprint density at radius 3 is 1.85 bits per heavy atom. The zero-order valence-corrected chi connectivity index (χ0v) is 48.8. The van der Waals surface area contributed by atoms with Crippen LogP contribution in [0.25, 0.3) is 11.1 Å². The van der Waals surface area contributed by atoms with Crippen molar-refractivity contribution in [3.63, 3.8) is 0 Å². The van der Waals surface area contributed by atoms with Gasteiger partial charge in [-0.05, 0) is 96.2 Å². The average molecular weight is 1210 g/mol. The number of halogens is 1. The molecule has 5 aromatic rings. The van der Waals surface area contributed by atoms with Crippen LogP contribution in [0.2, 0.25) is 5.02 Å². The number of carbonyl (C=O) groups excluding carboxylic acids is 8. The first kappa shape index (κ1) is 62.7. The molecule has 5 aromatic carbocycles. The second-order valence-corrected chi connectivity index (χ2v) is 20.9. The quantitative estimate of drug-likeness (QED) is 0.0757. The Bertz CT molecular complexity index is 3490. The van der Waals surface area contributed by atoms with Crippen LogP contribution in [0.1, 0.15) is 84.8 Å². The number of ether oxygens (including phenoxy) is 8. The first-order valence-corrected chi connectivity index (χ1v) is 27.2. The molecule has 9 atom stereocenters. The molecule has 0 aliphatic carbocycles. The van der Waals surface area contributed by atoms with Crippen LogP contribution in [0.15, 0.2) is 78.9 Å². The lowest BCUT2D eigenvalue weighted by molar-refractivity contribution is -0.146. The number of aliphatic hydroxyl groups excluding tert-OH is 2. The maximum atomic E-state index is 15.7. The molecule has 27 heteroatoms. The number of methoxy groups -OCH3 is 6. The van der Waals surface area contributed by atoms with E-state index in [1.54, 1.807) is 0 Å². The zero-order valence-electron chi connectivity index (χ0n) is 48.1. The van der Waals surface area contributed by atoms with E-state index >= 15 is 14.4 Å². The van der Waals surface area contributed by atoms with Gasteiger partial charge >= 0.3 is 5.97 Å². The summed E-state index contributed by atoms with van der Waals surface area (Å²) in [4.78, 5) is 117. The topological polar surface area (TPSA) is 361 Å². The van der Waals surface area contributed by atoms with Gasteiger partial charge in [-0.25, -0.2) is 4.79 Å². The molecule has 0 aromatic heterocycles. The van der Waals surface area contributed by atoms with E-state index in [1.807, 2.05) is 13.8 Å². The minimum absolute atomic E-state index is 0.00991. The number of amides is 7. The number of rotatable bonds is 13. The van der Waals surface area contributed by atoms with E-state index in [0.29, 0.717) is 6.42 Å². The molecule has 0 saturated carbocycles. The zero-order chi connectivity index (χ0) is 62.4.